The Morgan fingerprint density at radius 1 is 1.16 bits per heavy atom. The molecule has 5 rings (SSSR count). The molecule has 1 aliphatic rings. The van der Waals surface area contributed by atoms with Gasteiger partial charge in [-0.2, -0.15) is 4.98 Å². The van der Waals surface area contributed by atoms with Gasteiger partial charge in [0.1, 0.15) is 11.9 Å². The molecule has 0 bridgehead atoms. The summed E-state index contributed by atoms with van der Waals surface area (Å²) in [6, 6.07) is 11.8. The quantitative estimate of drug-likeness (QED) is 0.442. The average Bonchev–Trinajstić information content (AvgIpc) is 3.46. The number of methoxy groups -OCH3 is 1. The lowest BCUT2D eigenvalue weighted by Crippen LogP contribution is -2.20. The van der Waals surface area contributed by atoms with Gasteiger partial charge in [0.25, 0.3) is 5.89 Å². The molecular formula is C23H21FN4O4. The molecule has 164 valence electrons. The van der Waals surface area contributed by atoms with Crippen LogP contribution in [0, 0.1) is 5.82 Å². The lowest BCUT2D eigenvalue weighted by atomic mass is 10.1. The topological polar surface area (TPSA) is 84.4 Å². The van der Waals surface area contributed by atoms with E-state index in [1.54, 1.807) is 31.6 Å². The first-order chi connectivity index (χ1) is 15.7. The van der Waals surface area contributed by atoms with Crippen LogP contribution >= 0.6 is 0 Å². The molecule has 2 aromatic carbocycles. The van der Waals surface area contributed by atoms with E-state index in [0.29, 0.717) is 48.7 Å². The third kappa shape index (κ3) is 3.71. The van der Waals surface area contributed by atoms with Crippen LogP contribution in [0.5, 0.6) is 11.5 Å². The van der Waals surface area contributed by atoms with E-state index < -0.39 is 0 Å². The number of hydrogen-bond donors (Lipinski definition) is 0. The Bertz CT molecular complexity index is 1240. The summed E-state index contributed by atoms with van der Waals surface area (Å²) < 4.78 is 37.7. The van der Waals surface area contributed by atoms with Gasteiger partial charge < -0.3 is 23.3 Å². The number of nitrogens with zero attached hydrogens (tertiary/aromatic N) is 4. The molecule has 0 spiro atoms. The van der Waals surface area contributed by atoms with E-state index in [9.17, 15) is 4.39 Å². The van der Waals surface area contributed by atoms with Crippen LogP contribution in [0.15, 0.2) is 53.3 Å². The Kier molecular flexibility index (Phi) is 5.32. The molecule has 0 unspecified atom stereocenters. The van der Waals surface area contributed by atoms with E-state index in [2.05, 4.69) is 15.1 Å². The number of halogens is 1. The fourth-order valence-electron chi connectivity index (χ4n) is 3.71. The standard InChI is InChI=1S/C23H21FN4O4/c1-3-30-19-10-15(6-9-18(19)29-2)22-26-23(32-27-22)21-17-12-31-20(11-28(17)13-25-21)14-4-7-16(24)8-5-14/h4-10,13,20H,3,11-12H2,1-2H3/t20-/m1/s1. The van der Waals surface area contributed by atoms with E-state index in [-0.39, 0.29) is 11.9 Å². The molecule has 0 fully saturated rings. The summed E-state index contributed by atoms with van der Waals surface area (Å²) in [4.78, 5) is 9.00. The summed E-state index contributed by atoms with van der Waals surface area (Å²) >= 11 is 0. The minimum Gasteiger partial charge on any atom is -0.493 e. The van der Waals surface area contributed by atoms with Gasteiger partial charge in [0, 0.05) is 5.56 Å². The highest BCUT2D eigenvalue weighted by Gasteiger charge is 2.26. The normalized spacial score (nSPS) is 15.4. The van der Waals surface area contributed by atoms with Crippen molar-refractivity contribution in [2.24, 2.45) is 0 Å². The average molecular weight is 436 g/mol. The van der Waals surface area contributed by atoms with Crippen molar-refractivity contribution in [3.63, 3.8) is 0 Å². The van der Waals surface area contributed by atoms with Crippen LogP contribution in [0.2, 0.25) is 0 Å². The lowest BCUT2D eigenvalue weighted by Gasteiger charge is -2.25. The highest BCUT2D eigenvalue weighted by Crippen LogP contribution is 2.34. The molecule has 0 N–H and O–H groups in total. The number of rotatable bonds is 6. The molecule has 0 saturated heterocycles. The molecule has 0 radical (unpaired) electrons. The minimum absolute atomic E-state index is 0.181. The van der Waals surface area contributed by atoms with Crippen LogP contribution in [0.25, 0.3) is 23.0 Å². The van der Waals surface area contributed by atoms with Gasteiger partial charge in [-0.1, -0.05) is 17.3 Å². The van der Waals surface area contributed by atoms with Crippen LogP contribution in [-0.2, 0) is 17.9 Å². The van der Waals surface area contributed by atoms with Gasteiger partial charge in [0.05, 0.1) is 38.9 Å². The van der Waals surface area contributed by atoms with Gasteiger partial charge in [-0.05, 0) is 42.8 Å². The predicted molar refractivity (Wildman–Crippen MR) is 113 cm³/mol. The summed E-state index contributed by atoms with van der Waals surface area (Å²) in [5, 5.41) is 4.11. The summed E-state index contributed by atoms with van der Waals surface area (Å²) in [7, 11) is 1.59. The van der Waals surface area contributed by atoms with Crippen molar-refractivity contribution >= 4 is 0 Å². The molecule has 32 heavy (non-hydrogen) atoms. The lowest BCUT2D eigenvalue weighted by molar-refractivity contribution is 0.00326. The largest absolute Gasteiger partial charge is 0.493 e. The van der Waals surface area contributed by atoms with E-state index >= 15 is 0 Å². The maximum absolute atomic E-state index is 13.2. The minimum atomic E-state index is -0.271. The summed E-state index contributed by atoms with van der Waals surface area (Å²) in [5.41, 5.74) is 3.09. The van der Waals surface area contributed by atoms with Crippen molar-refractivity contribution in [3.8, 4) is 34.5 Å². The van der Waals surface area contributed by atoms with E-state index in [4.69, 9.17) is 18.7 Å². The molecule has 2 aromatic heterocycles. The number of ether oxygens (including phenoxy) is 3. The zero-order chi connectivity index (χ0) is 22.1. The van der Waals surface area contributed by atoms with E-state index in [1.807, 2.05) is 23.6 Å². The number of hydrogen-bond acceptors (Lipinski definition) is 7. The zero-order valence-corrected chi connectivity index (χ0v) is 17.6. The van der Waals surface area contributed by atoms with Crippen molar-refractivity contribution in [3.05, 3.63) is 65.9 Å². The summed E-state index contributed by atoms with van der Waals surface area (Å²) in [5.74, 6) is 1.71. The highest BCUT2D eigenvalue weighted by atomic mass is 19.1. The number of imidazole rings is 1. The van der Waals surface area contributed by atoms with Crippen molar-refractivity contribution < 1.29 is 23.1 Å². The second kappa shape index (κ2) is 8.43. The van der Waals surface area contributed by atoms with Crippen molar-refractivity contribution in [1.82, 2.24) is 19.7 Å². The Hall–Kier alpha value is -3.72. The molecule has 1 aliphatic heterocycles. The Morgan fingerprint density at radius 2 is 2.00 bits per heavy atom. The van der Waals surface area contributed by atoms with Crippen molar-refractivity contribution in [2.45, 2.75) is 26.2 Å². The summed E-state index contributed by atoms with van der Waals surface area (Å²) in [6.45, 7) is 3.30. The van der Waals surface area contributed by atoms with Gasteiger partial charge in [-0.3, -0.25) is 0 Å². The molecule has 3 heterocycles. The number of benzene rings is 2. The van der Waals surface area contributed by atoms with Crippen LogP contribution in [0.4, 0.5) is 4.39 Å². The third-order valence-corrected chi connectivity index (χ3v) is 5.32. The van der Waals surface area contributed by atoms with Crippen LogP contribution < -0.4 is 9.47 Å². The first-order valence-corrected chi connectivity index (χ1v) is 10.2. The Labute approximate surface area is 183 Å². The van der Waals surface area contributed by atoms with Crippen LogP contribution in [-0.4, -0.2) is 33.4 Å². The van der Waals surface area contributed by atoms with Gasteiger partial charge in [0.2, 0.25) is 5.82 Å². The molecule has 0 amide bonds. The second-order valence-electron chi connectivity index (χ2n) is 7.27. The first-order valence-electron chi connectivity index (χ1n) is 10.2. The number of fused-ring (bicyclic) bond motifs is 1. The molecule has 4 aromatic rings. The van der Waals surface area contributed by atoms with Crippen molar-refractivity contribution in [1.29, 1.82) is 0 Å². The maximum Gasteiger partial charge on any atom is 0.278 e. The Morgan fingerprint density at radius 3 is 2.78 bits per heavy atom. The molecular weight excluding hydrogens is 415 g/mol. The molecule has 8 nitrogen and oxygen atoms in total. The predicted octanol–water partition coefficient (Wildman–Crippen LogP) is 4.42. The number of aromatic nitrogens is 4. The van der Waals surface area contributed by atoms with Gasteiger partial charge in [0.15, 0.2) is 17.2 Å². The van der Waals surface area contributed by atoms with Crippen LogP contribution in [0.1, 0.15) is 24.3 Å². The van der Waals surface area contributed by atoms with Crippen molar-refractivity contribution in [2.75, 3.05) is 13.7 Å². The van der Waals surface area contributed by atoms with Gasteiger partial charge in [-0.25, -0.2) is 9.37 Å². The van der Waals surface area contributed by atoms with E-state index in [0.717, 1.165) is 16.8 Å². The zero-order valence-electron chi connectivity index (χ0n) is 17.6. The third-order valence-electron chi connectivity index (χ3n) is 5.32. The Balaban J connectivity index is 1.39. The smallest absolute Gasteiger partial charge is 0.278 e. The SMILES string of the molecule is CCOc1cc(-c2noc(-c3ncn4c3CO[C@@H](c3ccc(F)cc3)C4)n2)ccc1OC. The molecule has 1 atom stereocenters. The molecule has 0 saturated carbocycles. The molecule has 9 heteroatoms. The second-order valence-corrected chi connectivity index (χ2v) is 7.27. The maximum atomic E-state index is 13.2. The fourth-order valence-corrected chi connectivity index (χ4v) is 3.71. The van der Waals surface area contributed by atoms with E-state index in [1.165, 1.54) is 12.1 Å². The first kappa shape index (κ1) is 20.2. The van der Waals surface area contributed by atoms with Gasteiger partial charge in [-0.15, -0.1) is 0 Å². The highest BCUT2D eigenvalue weighted by molar-refractivity contribution is 5.63. The monoisotopic (exact) mass is 436 g/mol. The van der Waals surface area contributed by atoms with Crippen LogP contribution in [0.3, 0.4) is 0 Å². The summed E-state index contributed by atoms with van der Waals surface area (Å²) in [6.07, 6.45) is 1.55. The van der Waals surface area contributed by atoms with Gasteiger partial charge >= 0.3 is 0 Å². The fraction of sp³-hybridized carbons (Fsp3) is 0.261. The molecule has 0 aliphatic carbocycles.